The molecule has 0 aromatic heterocycles. The van der Waals surface area contributed by atoms with Crippen molar-refractivity contribution in [2.24, 2.45) is 0 Å². The zero-order valence-electron chi connectivity index (χ0n) is 12.8. The van der Waals surface area contributed by atoms with Crippen molar-refractivity contribution in [2.75, 3.05) is 44.5 Å². The number of rotatable bonds is 4. The normalized spacial score (nSPS) is 27.5. The van der Waals surface area contributed by atoms with Gasteiger partial charge in [-0.2, -0.15) is 4.31 Å². The molecule has 128 valence electrons. The number of piperidine rings is 1. The van der Waals surface area contributed by atoms with Crippen molar-refractivity contribution in [2.45, 2.75) is 25.0 Å². The molecule has 0 aromatic carbocycles. The van der Waals surface area contributed by atoms with Crippen LogP contribution in [0.15, 0.2) is 0 Å². The van der Waals surface area contributed by atoms with E-state index in [0.717, 1.165) is 12.5 Å². The summed E-state index contributed by atoms with van der Waals surface area (Å²) in [5.41, 5.74) is 0. The van der Waals surface area contributed by atoms with Gasteiger partial charge in [-0.15, -0.1) is 0 Å². The molecule has 2 fully saturated rings. The number of sulfonamides is 1. The predicted molar refractivity (Wildman–Crippen MR) is 80.6 cm³/mol. The lowest BCUT2D eigenvalue weighted by molar-refractivity contribution is -0.138. The second-order valence-corrected chi connectivity index (χ2v) is 10.1. The molecule has 0 radical (unpaired) electrons. The Morgan fingerprint density at radius 1 is 1.18 bits per heavy atom. The topological polar surface area (TPSA) is 101 Å². The van der Waals surface area contributed by atoms with Gasteiger partial charge < -0.3 is 9.64 Å². The molecule has 0 aliphatic carbocycles. The molecule has 0 saturated carbocycles. The maximum atomic E-state index is 12.1. The van der Waals surface area contributed by atoms with Crippen LogP contribution in [0.4, 0.5) is 0 Å². The summed E-state index contributed by atoms with van der Waals surface area (Å²) >= 11 is 0. The minimum atomic E-state index is -3.36. The summed E-state index contributed by atoms with van der Waals surface area (Å²) in [6, 6.07) is -0.389. The third-order valence-electron chi connectivity index (χ3n) is 4.00. The monoisotopic (exact) mass is 354 g/mol. The first-order valence-corrected chi connectivity index (χ1v) is 11.0. The Kier molecular flexibility index (Phi) is 5.15. The molecule has 2 atom stereocenters. The Morgan fingerprint density at radius 3 is 2.45 bits per heavy atom. The molecule has 10 heteroatoms. The van der Waals surface area contributed by atoms with E-state index in [4.69, 9.17) is 4.74 Å². The quantitative estimate of drug-likeness (QED) is 0.621. The van der Waals surface area contributed by atoms with E-state index in [-0.39, 0.29) is 43.3 Å². The maximum Gasteiger partial charge on any atom is 0.223 e. The summed E-state index contributed by atoms with van der Waals surface area (Å²) in [4.78, 5) is 13.7. The number of nitrogens with zero attached hydrogens (tertiary/aromatic N) is 2. The minimum Gasteiger partial charge on any atom is -0.375 e. The van der Waals surface area contributed by atoms with E-state index in [1.165, 1.54) is 4.31 Å². The second kappa shape index (κ2) is 6.42. The molecule has 2 aliphatic heterocycles. The number of ether oxygens (including phenoxy) is 1. The van der Waals surface area contributed by atoms with Gasteiger partial charge in [0.15, 0.2) is 0 Å². The van der Waals surface area contributed by atoms with E-state index >= 15 is 0 Å². The number of sulfone groups is 1. The third kappa shape index (κ3) is 4.40. The molecule has 0 bridgehead atoms. The van der Waals surface area contributed by atoms with Crippen molar-refractivity contribution in [3.05, 3.63) is 0 Å². The molecule has 8 nitrogen and oxygen atoms in total. The zero-order valence-corrected chi connectivity index (χ0v) is 14.4. The van der Waals surface area contributed by atoms with E-state index < -0.39 is 19.9 Å². The van der Waals surface area contributed by atoms with Crippen molar-refractivity contribution in [1.29, 1.82) is 0 Å². The van der Waals surface area contributed by atoms with Crippen molar-refractivity contribution in [3.8, 4) is 0 Å². The van der Waals surface area contributed by atoms with Gasteiger partial charge in [0.2, 0.25) is 15.9 Å². The van der Waals surface area contributed by atoms with E-state index in [9.17, 15) is 21.6 Å². The van der Waals surface area contributed by atoms with Gasteiger partial charge >= 0.3 is 0 Å². The van der Waals surface area contributed by atoms with Crippen LogP contribution in [0, 0.1) is 0 Å². The van der Waals surface area contributed by atoms with Crippen LogP contribution in [-0.2, 0) is 29.4 Å². The molecule has 2 aliphatic rings. The highest BCUT2D eigenvalue weighted by molar-refractivity contribution is 7.90. The lowest BCUT2D eigenvalue weighted by Gasteiger charge is -2.45. The number of fused-ring (bicyclic) bond motifs is 1. The minimum absolute atomic E-state index is 0.0735. The molecule has 0 unspecified atom stereocenters. The van der Waals surface area contributed by atoms with Crippen LogP contribution in [0.3, 0.4) is 0 Å². The standard InChI is InChI=1S/C12H22N2O6S2/c1-21(16,17)8-4-12(15)13-5-3-11-10(9-13)14(6-7-20-11)22(2,18)19/h10-11H,3-9H2,1-2H3/t10-,11-/m0/s1. The van der Waals surface area contributed by atoms with Crippen LogP contribution in [0.2, 0.25) is 0 Å². The molecular formula is C12H22N2O6S2. The predicted octanol–water partition coefficient (Wildman–Crippen LogP) is -1.32. The molecule has 0 N–H and O–H groups in total. The Hall–Kier alpha value is -0.710. The molecule has 22 heavy (non-hydrogen) atoms. The lowest BCUT2D eigenvalue weighted by atomic mass is 10.0. The van der Waals surface area contributed by atoms with Gasteiger partial charge in [0, 0.05) is 32.3 Å². The first kappa shape index (κ1) is 17.6. The van der Waals surface area contributed by atoms with Crippen LogP contribution < -0.4 is 0 Å². The second-order valence-electron chi connectivity index (χ2n) is 5.86. The molecular weight excluding hydrogens is 332 g/mol. The fourth-order valence-electron chi connectivity index (χ4n) is 2.91. The number of morpholine rings is 1. The van der Waals surface area contributed by atoms with Crippen molar-refractivity contribution in [1.82, 2.24) is 9.21 Å². The van der Waals surface area contributed by atoms with Gasteiger partial charge in [0.25, 0.3) is 0 Å². The first-order valence-electron chi connectivity index (χ1n) is 7.12. The summed E-state index contributed by atoms with van der Waals surface area (Å²) in [7, 11) is -6.56. The Labute approximate surface area is 131 Å². The SMILES string of the molecule is CS(=O)(=O)CCC(=O)N1CC[C@@H]2OCCN(S(C)(=O)=O)[C@H]2C1. The first-order chi connectivity index (χ1) is 10.1. The van der Waals surface area contributed by atoms with Gasteiger partial charge in [0.05, 0.1) is 30.8 Å². The molecule has 1 amide bonds. The Bertz CT molecular complexity index is 630. The van der Waals surface area contributed by atoms with Gasteiger partial charge in [0.1, 0.15) is 9.84 Å². The molecule has 0 aromatic rings. The molecule has 2 rings (SSSR count). The highest BCUT2D eigenvalue weighted by Gasteiger charge is 2.41. The third-order valence-corrected chi connectivity index (χ3v) is 6.25. The Balaban J connectivity index is 2.05. The summed E-state index contributed by atoms with van der Waals surface area (Å²) in [6.45, 7) is 1.35. The van der Waals surface area contributed by atoms with Gasteiger partial charge in [-0.1, -0.05) is 0 Å². The van der Waals surface area contributed by atoms with Crippen LogP contribution in [0.25, 0.3) is 0 Å². The van der Waals surface area contributed by atoms with E-state index in [1.807, 2.05) is 0 Å². The van der Waals surface area contributed by atoms with E-state index in [2.05, 4.69) is 0 Å². The highest BCUT2D eigenvalue weighted by atomic mass is 32.2. The summed E-state index contributed by atoms with van der Waals surface area (Å²) in [6.07, 6.45) is 2.52. The molecule has 2 saturated heterocycles. The van der Waals surface area contributed by atoms with Crippen LogP contribution in [0.5, 0.6) is 0 Å². The smallest absolute Gasteiger partial charge is 0.223 e. The zero-order chi connectivity index (χ0) is 16.5. The largest absolute Gasteiger partial charge is 0.375 e. The molecule has 2 heterocycles. The van der Waals surface area contributed by atoms with Gasteiger partial charge in [-0.05, 0) is 6.42 Å². The van der Waals surface area contributed by atoms with Crippen molar-refractivity contribution >= 4 is 25.8 Å². The fourth-order valence-corrected chi connectivity index (χ4v) is 4.56. The van der Waals surface area contributed by atoms with Crippen LogP contribution >= 0.6 is 0 Å². The maximum absolute atomic E-state index is 12.1. The van der Waals surface area contributed by atoms with Crippen molar-refractivity contribution in [3.63, 3.8) is 0 Å². The summed E-state index contributed by atoms with van der Waals surface area (Å²) < 4.78 is 53.0. The number of hydrogen-bond acceptors (Lipinski definition) is 6. The number of likely N-dealkylation sites (tertiary alicyclic amines) is 1. The van der Waals surface area contributed by atoms with Gasteiger partial charge in [-0.3, -0.25) is 4.79 Å². The number of carbonyl (C=O) groups is 1. The van der Waals surface area contributed by atoms with E-state index in [0.29, 0.717) is 19.6 Å². The fraction of sp³-hybridized carbons (Fsp3) is 0.917. The molecule has 0 spiro atoms. The van der Waals surface area contributed by atoms with Crippen LogP contribution in [0.1, 0.15) is 12.8 Å². The number of amides is 1. The number of hydrogen-bond donors (Lipinski definition) is 0. The van der Waals surface area contributed by atoms with Crippen LogP contribution in [-0.4, -0.2) is 88.6 Å². The summed E-state index contributed by atoms with van der Waals surface area (Å²) in [5, 5.41) is 0. The van der Waals surface area contributed by atoms with Crippen molar-refractivity contribution < 1.29 is 26.4 Å². The average molecular weight is 354 g/mol. The lowest BCUT2D eigenvalue weighted by Crippen LogP contribution is -2.61. The average Bonchev–Trinajstić information content (AvgIpc) is 2.41. The van der Waals surface area contributed by atoms with E-state index in [1.54, 1.807) is 4.90 Å². The summed E-state index contributed by atoms with van der Waals surface area (Å²) in [5.74, 6) is -0.453. The Morgan fingerprint density at radius 2 is 1.86 bits per heavy atom. The number of carbonyl (C=O) groups excluding carboxylic acids is 1. The van der Waals surface area contributed by atoms with Gasteiger partial charge in [-0.25, -0.2) is 16.8 Å². The highest BCUT2D eigenvalue weighted by Crippen LogP contribution is 2.25.